The van der Waals surface area contributed by atoms with Crippen molar-refractivity contribution in [3.8, 4) is 0 Å². The summed E-state index contributed by atoms with van der Waals surface area (Å²) in [4.78, 5) is 17.5. The fourth-order valence-corrected chi connectivity index (χ4v) is 3.73. The SMILES string of the molecule is CC1CN(C(=O)C(C)(C)n2cc(Cl)cn2)CC1N1CCOCC1. The predicted molar refractivity (Wildman–Crippen MR) is 88.5 cm³/mol. The first-order valence-electron chi connectivity index (χ1n) is 8.21. The summed E-state index contributed by atoms with van der Waals surface area (Å²) in [5.74, 6) is 0.564. The van der Waals surface area contributed by atoms with Crippen molar-refractivity contribution in [2.75, 3.05) is 39.4 Å². The second-order valence-corrected chi connectivity index (χ2v) is 7.50. The summed E-state index contributed by atoms with van der Waals surface area (Å²) in [6.07, 6.45) is 3.28. The predicted octanol–water partition coefficient (Wildman–Crippen LogP) is 1.45. The number of rotatable bonds is 3. The van der Waals surface area contributed by atoms with Crippen LogP contribution >= 0.6 is 11.6 Å². The van der Waals surface area contributed by atoms with E-state index in [-0.39, 0.29) is 5.91 Å². The van der Waals surface area contributed by atoms with Crippen molar-refractivity contribution >= 4 is 17.5 Å². The second kappa shape index (κ2) is 6.42. The Bertz CT molecular complexity index is 568. The minimum absolute atomic E-state index is 0.0971. The molecule has 1 aromatic heterocycles. The van der Waals surface area contributed by atoms with Crippen LogP contribution in [0.25, 0.3) is 0 Å². The van der Waals surface area contributed by atoms with Crippen LogP contribution in [0.15, 0.2) is 12.4 Å². The van der Waals surface area contributed by atoms with Crippen LogP contribution in [0.4, 0.5) is 0 Å². The number of nitrogens with zero attached hydrogens (tertiary/aromatic N) is 4. The lowest BCUT2D eigenvalue weighted by atomic mass is 10.0. The van der Waals surface area contributed by atoms with E-state index in [4.69, 9.17) is 16.3 Å². The van der Waals surface area contributed by atoms with Gasteiger partial charge in [-0.15, -0.1) is 0 Å². The lowest BCUT2D eigenvalue weighted by Gasteiger charge is -2.34. The molecule has 2 unspecified atom stereocenters. The van der Waals surface area contributed by atoms with Gasteiger partial charge in [-0.25, -0.2) is 0 Å². The van der Waals surface area contributed by atoms with Crippen LogP contribution in [0.2, 0.25) is 5.02 Å². The quantitative estimate of drug-likeness (QED) is 0.835. The molecule has 0 radical (unpaired) electrons. The van der Waals surface area contributed by atoms with Crippen LogP contribution < -0.4 is 0 Å². The first kappa shape index (κ1) is 16.7. The molecule has 3 heterocycles. The molecule has 0 N–H and O–H groups in total. The van der Waals surface area contributed by atoms with Gasteiger partial charge >= 0.3 is 0 Å². The summed E-state index contributed by atoms with van der Waals surface area (Å²) >= 11 is 5.95. The zero-order chi connectivity index (χ0) is 16.6. The van der Waals surface area contributed by atoms with Gasteiger partial charge in [0.2, 0.25) is 5.91 Å². The lowest BCUT2D eigenvalue weighted by molar-refractivity contribution is -0.139. The van der Waals surface area contributed by atoms with Crippen molar-refractivity contribution in [3.63, 3.8) is 0 Å². The number of halogens is 1. The molecule has 1 aromatic rings. The van der Waals surface area contributed by atoms with Crippen molar-refractivity contribution in [2.45, 2.75) is 32.4 Å². The maximum Gasteiger partial charge on any atom is 0.250 e. The topological polar surface area (TPSA) is 50.6 Å². The van der Waals surface area contributed by atoms with Gasteiger partial charge in [-0.2, -0.15) is 5.10 Å². The minimum Gasteiger partial charge on any atom is -0.379 e. The van der Waals surface area contributed by atoms with Crippen LogP contribution in [-0.2, 0) is 15.1 Å². The van der Waals surface area contributed by atoms with E-state index >= 15 is 0 Å². The molecule has 0 bridgehead atoms. The molecular formula is C16H25ClN4O2. The van der Waals surface area contributed by atoms with Crippen molar-refractivity contribution in [3.05, 3.63) is 17.4 Å². The standard InChI is InChI=1S/C16H25ClN4O2/c1-12-9-20(11-14(12)19-4-6-23-7-5-19)15(22)16(2,3)21-10-13(17)8-18-21/h8,10,12,14H,4-7,9,11H2,1-3H3. The molecule has 2 aliphatic rings. The molecule has 6 nitrogen and oxygen atoms in total. The smallest absolute Gasteiger partial charge is 0.250 e. The molecule has 23 heavy (non-hydrogen) atoms. The highest BCUT2D eigenvalue weighted by Crippen LogP contribution is 2.27. The Balaban J connectivity index is 1.70. The second-order valence-electron chi connectivity index (χ2n) is 7.07. The molecule has 0 aliphatic carbocycles. The highest BCUT2D eigenvalue weighted by atomic mass is 35.5. The molecule has 0 spiro atoms. The third kappa shape index (κ3) is 3.25. The zero-order valence-corrected chi connectivity index (χ0v) is 14.8. The maximum absolute atomic E-state index is 13.0. The molecule has 7 heteroatoms. The molecular weight excluding hydrogens is 316 g/mol. The first-order valence-corrected chi connectivity index (χ1v) is 8.59. The molecule has 0 saturated carbocycles. The third-order valence-corrected chi connectivity index (χ3v) is 5.22. The van der Waals surface area contributed by atoms with E-state index in [1.165, 1.54) is 0 Å². The van der Waals surface area contributed by atoms with Gasteiger partial charge in [0.05, 0.1) is 24.4 Å². The summed E-state index contributed by atoms with van der Waals surface area (Å²) in [6, 6.07) is 0.417. The van der Waals surface area contributed by atoms with Crippen LogP contribution in [0, 0.1) is 5.92 Å². The van der Waals surface area contributed by atoms with Gasteiger partial charge in [0.1, 0.15) is 5.54 Å². The zero-order valence-electron chi connectivity index (χ0n) is 14.0. The van der Waals surface area contributed by atoms with Crippen molar-refractivity contribution in [1.82, 2.24) is 19.6 Å². The molecule has 2 atom stereocenters. The summed E-state index contributed by atoms with van der Waals surface area (Å²) < 4.78 is 7.09. The van der Waals surface area contributed by atoms with Crippen LogP contribution in [0.5, 0.6) is 0 Å². The minimum atomic E-state index is -0.729. The average Bonchev–Trinajstić information content (AvgIpc) is 3.14. The van der Waals surface area contributed by atoms with Crippen molar-refractivity contribution in [1.29, 1.82) is 0 Å². The Hall–Kier alpha value is -1.11. The molecule has 0 aromatic carbocycles. The van der Waals surface area contributed by atoms with Gasteiger partial charge < -0.3 is 9.64 Å². The molecule has 128 valence electrons. The number of hydrogen-bond donors (Lipinski definition) is 0. The van der Waals surface area contributed by atoms with E-state index in [2.05, 4.69) is 16.9 Å². The van der Waals surface area contributed by atoms with E-state index in [1.807, 2.05) is 18.7 Å². The van der Waals surface area contributed by atoms with E-state index in [9.17, 15) is 4.79 Å². The van der Waals surface area contributed by atoms with Gasteiger partial charge in [0.15, 0.2) is 0 Å². The Labute approximate surface area is 142 Å². The summed E-state index contributed by atoms with van der Waals surface area (Å²) in [5.41, 5.74) is -0.729. The molecule has 2 fully saturated rings. The Morgan fingerprint density at radius 2 is 2.04 bits per heavy atom. The van der Waals surface area contributed by atoms with E-state index < -0.39 is 5.54 Å². The third-order valence-electron chi connectivity index (χ3n) is 5.02. The fourth-order valence-electron chi connectivity index (χ4n) is 3.59. The van der Waals surface area contributed by atoms with Gasteiger partial charge in [0, 0.05) is 38.4 Å². The van der Waals surface area contributed by atoms with Gasteiger partial charge in [0.25, 0.3) is 0 Å². The number of ether oxygens (including phenoxy) is 1. The molecule has 3 rings (SSSR count). The van der Waals surface area contributed by atoms with Gasteiger partial charge in [-0.3, -0.25) is 14.4 Å². The lowest BCUT2D eigenvalue weighted by Crippen LogP contribution is -2.49. The number of morpholine rings is 1. The number of amides is 1. The molecule has 1 amide bonds. The monoisotopic (exact) mass is 340 g/mol. The van der Waals surface area contributed by atoms with Crippen molar-refractivity contribution < 1.29 is 9.53 Å². The number of carbonyl (C=O) groups is 1. The highest BCUT2D eigenvalue weighted by molar-refractivity contribution is 6.30. The normalized spacial score (nSPS) is 26.7. The summed E-state index contributed by atoms with van der Waals surface area (Å²) in [6.45, 7) is 11.1. The fraction of sp³-hybridized carbons (Fsp3) is 0.750. The number of likely N-dealkylation sites (tertiary alicyclic amines) is 1. The molecule has 2 aliphatic heterocycles. The van der Waals surface area contributed by atoms with E-state index in [0.717, 1.165) is 39.4 Å². The highest BCUT2D eigenvalue weighted by Gasteiger charge is 2.42. The van der Waals surface area contributed by atoms with Gasteiger partial charge in [-0.05, 0) is 19.8 Å². The molecule has 2 saturated heterocycles. The Kier molecular flexibility index (Phi) is 4.67. The Morgan fingerprint density at radius 1 is 1.35 bits per heavy atom. The van der Waals surface area contributed by atoms with Crippen LogP contribution in [0.3, 0.4) is 0 Å². The van der Waals surface area contributed by atoms with Crippen LogP contribution in [-0.4, -0.2) is 70.9 Å². The average molecular weight is 341 g/mol. The van der Waals surface area contributed by atoms with E-state index in [1.54, 1.807) is 17.1 Å². The number of hydrogen-bond acceptors (Lipinski definition) is 4. The van der Waals surface area contributed by atoms with Crippen molar-refractivity contribution in [2.24, 2.45) is 5.92 Å². The first-order chi connectivity index (χ1) is 10.9. The van der Waals surface area contributed by atoms with Crippen LogP contribution in [0.1, 0.15) is 20.8 Å². The largest absolute Gasteiger partial charge is 0.379 e. The number of carbonyl (C=O) groups excluding carboxylic acids is 1. The summed E-state index contributed by atoms with van der Waals surface area (Å²) in [5, 5.41) is 4.77. The van der Waals surface area contributed by atoms with E-state index in [0.29, 0.717) is 17.0 Å². The Morgan fingerprint density at radius 3 is 2.65 bits per heavy atom. The number of aromatic nitrogens is 2. The summed E-state index contributed by atoms with van der Waals surface area (Å²) in [7, 11) is 0. The maximum atomic E-state index is 13.0. The van der Waals surface area contributed by atoms with Gasteiger partial charge in [-0.1, -0.05) is 18.5 Å².